The van der Waals surface area contributed by atoms with E-state index in [1.54, 1.807) is 7.11 Å². The summed E-state index contributed by atoms with van der Waals surface area (Å²) in [5.41, 5.74) is 1.90. The van der Waals surface area contributed by atoms with E-state index in [1.165, 1.54) is 0 Å². The van der Waals surface area contributed by atoms with E-state index in [2.05, 4.69) is 5.32 Å². The van der Waals surface area contributed by atoms with E-state index in [0.29, 0.717) is 11.6 Å². The average Bonchev–Trinajstić information content (AvgIpc) is 2.97. The summed E-state index contributed by atoms with van der Waals surface area (Å²) in [6.45, 7) is 0.682. The summed E-state index contributed by atoms with van der Waals surface area (Å²) in [4.78, 5) is 12.2. The molecule has 4 nitrogen and oxygen atoms in total. The van der Waals surface area contributed by atoms with Crippen molar-refractivity contribution in [1.82, 2.24) is 9.88 Å². The van der Waals surface area contributed by atoms with Gasteiger partial charge in [0.15, 0.2) is 0 Å². The van der Waals surface area contributed by atoms with Crippen molar-refractivity contribution in [3.05, 3.63) is 65.3 Å². The number of fused-ring (bicyclic) bond motifs is 1. The van der Waals surface area contributed by atoms with Gasteiger partial charge in [0.2, 0.25) is 5.91 Å². The molecule has 1 N–H and O–H groups in total. The maximum atomic E-state index is 12.2. The Morgan fingerprint density at radius 2 is 2.00 bits per heavy atom. The topological polar surface area (TPSA) is 43.3 Å². The molecule has 118 valence electrons. The molecule has 0 aliphatic carbocycles. The Labute approximate surface area is 139 Å². The molecule has 0 aliphatic rings. The smallest absolute Gasteiger partial charge is 0.240 e. The Morgan fingerprint density at radius 1 is 1.17 bits per heavy atom. The summed E-state index contributed by atoms with van der Waals surface area (Å²) in [7, 11) is 1.62. The van der Waals surface area contributed by atoms with Crippen molar-refractivity contribution < 1.29 is 9.53 Å². The van der Waals surface area contributed by atoms with Crippen LogP contribution in [-0.4, -0.2) is 17.6 Å². The van der Waals surface area contributed by atoms with Gasteiger partial charge in [-0.3, -0.25) is 4.79 Å². The highest BCUT2D eigenvalue weighted by molar-refractivity contribution is 6.35. The predicted octanol–water partition coefficient (Wildman–Crippen LogP) is 3.62. The summed E-state index contributed by atoms with van der Waals surface area (Å²) < 4.78 is 7.17. The SMILES string of the molecule is COc1ccccc1CNC(=O)Cn1ccc2c(Cl)cccc21. The van der Waals surface area contributed by atoms with Gasteiger partial charge >= 0.3 is 0 Å². The van der Waals surface area contributed by atoms with Crippen molar-refractivity contribution in [1.29, 1.82) is 0 Å². The first-order chi connectivity index (χ1) is 11.2. The summed E-state index contributed by atoms with van der Waals surface area (Å²) >= 11 is 6.15. The summed E-state index contributed by atoms with van der Waals surface area (Å²) in [5, 5.41) is 4.56. The molecule has 0 unspecified atom stereocenters. The van der Waals surface area contributed by atoms with Crippen molar-refractivity contribution in [3.63, 3.8) is 0 Å². The van der Waals surface area contributed by atoms with Gasteiger partial charge in [0.25, 0.3) is 0 Å². The van der Waals surface area contributed by atoms with E-state index in [0.717, 1.165) is 22.2 Å². The zero-order valence-corrected chi connectivity index (χ0v) is 13.5. The molecule has 0 saturated carbocycles. The van der Waals surface area contributed by atoms with Crippen molar-refractivity contribution in [2.45, 2.75) is 13.1 Å². The number of carbonyl (C=O) groups is 1. The first-order valence-electron chi connectivity index (χ1n) is 7.31. The summed E-state index contributed by atoms with van der Waals surface area (Å²) in [6.07, 6.45) is 1.87. The molecule has 23 heavy (non-hydrogen) atoms. The number of amides is 1. The molecule has 0 atom stereocenters. The molecule has 0 saturated heterocycles. The lowest BCUT2D eigenvalue weighted by molar-refractivity contribution is -0.121. The van der Waals surface area contributed by atoms with Crippen LogP contribution >= 0.6 is 11.6 Å². The second-order valence-electron chi connectivity index (χ2n) is 5.20. The van der Waals surface area contributed by atoms with Crippen LogP contribution in [-0.2, 0) is 17.9 Å². The second-order valence-corrected chi connectivity index (χ2v) is 5.61. The van der Waals surface area contributed by atoms with E-state index in [-0.39, 0.29) is 12.5 Å². The van der Waals surface area contributed by atoms with Crippen LogP contribution in [0.2, 0.25) is 5.02 Å². The number of nitrogens with zero attached hydrogens (tertiary/aromatic N) is 1. The fourth-order valence-corrected chi connectivity index (χ4v) is 2.81. The molecule has 0 aliphatic heterocycles. The third-order valence-electron chi connectivity index (χ3n) is 3.74. The fraction of sp³-hybridized carbons (Fsp3) is 0.167. The van der Waals surface area contributed by atoms with Crippen molar-refractivity contribution in [2.24, 2.45) is 0 Å². The number of para-hydroxylation sites is 1. The van der Waals surface area contributed by atoms with Crippen LogP contribution in [0.1, 0.15) is 5.56 Å². The lowest BCUT2D eigenvalue weighted by Crippen LogP contribution is -2.27. The molecule has 2 aromatic carbocycles. The summed E-state index contributed by atoms with van der Waals surface area (Å²) in [5.74, 6) is 0.708. The maximum Gasteiger partial charge on any atom is 0.240 e. The van der Waals surface area contributed by atoms with Gasteiger partial charge in [-0.2, -0.15) is 0 Å². The monoisotopic (exact) mass is 328 g/mol. The number of aromatic nitrogens is 1. The van der Waals surface area contributed by atoms with Crippen LogP contribution in [0, 0.1) is 0 Å². The molecular weight excluding hydrogens is 312 g/mol. The van der Waals surface area contributed by atoms with Crippen LogP contribution in [0.25, 0.3) is 10.9 Å². The number of carbonyl (C=O) groups excluding carboxylic acids is 1. The first-order valence-corrected chi connectivity index (χ1v) is 7.69. The number of hydrogen-bond donors (Lipinski definition) is 1. The minimum absolute atomic E-state index is 0.0617. The lowest BCUT2D eigenvalue weighted by Gasteiger charge is -2.10. The number of rotatable bonds is 5. The van der Waals surface area contributed by atoms with Gasteiger partial charge in [-0.05, 0) is 24.3 Å². The Morgan fingerprint density at radius 3 is 2.83 bits per heavy atom. The van der Waals surface area contributed by atoms with E-state index in [4.69, 9.17) is 16.3 Å². The number of hydrogen-bond acceptors (Lipinski definition) is 2. The number of halogens is 1. The Balaban J connectivity index is 1.68. The first kappa shape index (κ1) is 15.4. The molecular formula is C18H17ClN2O2. The van der Waals surface area contributed by atoms with E-state index >= 15 is 0 Å². The number of benzene rings is 2. The Kier molecular flexibility index (Phi) is 4.53. The molecule has 0 fully saturated rings. The van der Waals surface area contributed by atoms with Crippen LogP contribution in [0.4, 0.5) is 0 Å². The van der Waals surface area contributed by atoms with Crippen LogP contribution in [0.3, 0.4) is 0 Å². The van der Waals surface area contributed by atoms with Gasteiger partial charge in [0, 0.05) is 34.2 Å². The molecule has 1 amide bonds. The second kappa shape index (κ2) is 6.75. The highest BCUT2D eigenvalue weighted by Crippen LogP contribution is 2.24. The van der Waals surface area contributed by atoms with Crippen LogP contribution in [0.5, 0.6) is 5.75 Å². The standard InChI is InChI=1S/C18H17ClN2O2/c1-23-17-8-3-2-5-13(17)11-20-18(22)12-21-10-9-14-15(19)6-4-7-16(14)21/h2-10H,11-12H2,1H3,(H,20,22). The molecule has 0 radical (unpaired) electrons. The predicted molar refractivity (Wildman–Crippen MR) is 91.8 cm³/mol. The average molecular weight is 329 g/mol. The van der Waals surface area contributed by atoms with Crippen molar-refractivity contribution in [3.8, 4) is 5.75 Å². The number of nitrogens with one attached hydrogen (secondary N) is 1. The van der Waals surface area contributed by atoms with Crippen LogP contribution in [0.15, 0.2) is 54.7 Å². The molecule has 0 spiro atoms. The quantitative estimate of drug-likeness (QED) is 0.777. The minimum atomic E-state index is -0.0617. The number of ether oxygens (including phenoxy) is 1. The zero-order valence-electron chi connectivity index (χ0n) is 12.8. The third kappa shape index (κ3) is 3.32. The normalized spacial score (nSPS) is 10.7. The summed E-state index contributed by atoms with van der Waals surface area (Å²) in [6, 6.07) is 15.2. The lowest BCUT2D eigenvalue weighted by atomic mass is 10.2. The Bertz CT molecular complexity index is 842. The van der Waals surface area contributed by atoms with Gasteiger partial charge in [-0.25, -0.2) is 0 Å². The molecule has 0 bridgehead atoms. The van der Waals surface area contributed by atoms with Gasteiger partial charge in [-0.15, -0.1) is 0 Å². The largest absolute Gasteiger partial charge is 0.496 e. The Hall–Kier alpha value is -2.46. The third-order valence-corrected chi connectivity index (χ3v) is 4.07. The molecule has 5 heteroatoms. The maximum absolute atomic E-state index is 12.2. The van der Waals surface area contributed by atoms with Gasteiger partial charge in [0.05, 0.1) is 7.11 Å². The van der Waals surface area contributed by atoms with Crippen molar-refractivity contribution >= 4 is 28.4 Å². The molecule has 3 aromatic rings. The van der Waals surface area contributed by atoms with Gasteiger partial charge in [-0.1, -0.05) is 35.9 Å². The van der Waals surface area contributed by atoms with Crippen LogP contribution < -0.4 is 10.1 Å². The van der Waals surface area contributed by atoms with E-state index < -0.39 is 0 Å². The minimum Gasteiger partial charge on any atom is -0.496 e. The number of methoxy groups -OCH3 is 1. The fourth-order valence-electron chi connectivity index (χ4n) is 2.58. The van der Waals surface area contributed by atoms with E-state index in [9.17, 15) is 4.79 Å². The molecule has 1 heterocycles. The van der Waals surface area contributed by atoms with E-state index in [1.807, 2.05) is 59.3 Å². The zero-order chi connectivity index (χ0) is 16.2. The highest BCUT2D eigenvalue weighted by Gasteiger charge is 2.09. The molecule has 3 rings (SSSR count). The molecule has 1 aromatic heterocycles. The van der Waals surface area contributed by atoms with Gasteiger partial charge in [0.1, 0.15) is 12.3 Å². The highest BCUT2D eigenvalue weighted by atomic mass is 35.5. The van der Waals surface area contributed by atoms with Crippen molar-refractivity contribution in [2.75, 3.05) is 7.11 Å². The van der Waals surface area contributed by atoms with Gasteiger partial charge < -0.3 is 14.6 Å².